The molecule has 4 N–H and O–H groups in total. The molecule has 0 saturated carbocycles. The second kappa shape index (κ2) is 15.5. The first-order valence-electron chi connectivity index (χ1n) is 16.9. The summed E-state index contributed by atoms with van der Waals surface area (Å²) < 4.78 is 6.63. The molecule has 2 saturated heterocycles. The summed E-state index contributed by atoms with van der Waals surface area (Å²) in [6, 6.07) is 17.5. The molecule has 2 aromatic carbocycles. The van der Waals surface area contributed by atoms with Gasteiger partial charge in [0.25, 0.3) is 0 Å². The van der Waals surface area contributed by atoms with Gasteiger partial charge in [-0.3, -0.25) is 14.5 Å². The Hall–Kier alpha value is -4.33. The minimum absolute atomic E-state index is 0.0235. The first-order chi connectivity index (χ1) is 24.8. The Labute approximate surface area is 309 Å². The molecule has 264 valence electrons. The number of rotatable bonds is 13. The fraction of sp³-hybridized carbons (Fsp3) is 0.324. The second-order valence-electron chi connectivity index (χ2n) is 12.7. The number of benzene rings is 2. The minimum atomic E-state index is -0.775. The van der Waals surface area contributed by atoms with Crippen molar-refractivity contribution < 1.29 is 19.4 Å². The molecule has 5 aromatic rings. The van der Waals surface area contributed by atoms with Crippen molar-refractivity contribution in [1.29, 1.82) is 0 Å². The van der Waals surface area contributed by atoms with Gasteiger partial charge in [0.15, 0.2) is 5.82 Å². The molecule has 0 radical (unpaired) electrons. The van der Waals surface area contributed by atoms with Crippen molar-refractivity contribution >= 4 is 68.1 Å². The Morgan fingerprint density at radius 3 is 2.65 bits per heavy atom. The number of carbonyl (C=O) groups is 2. The summed E-state index contributed by atoms with van der Waals surface area (Å²) in [5.41, 5.74) is 5.17. The molecule has 0 bridgehead atoms. The van der Waals surface area contributed by atoms with Gasteiger partial charge in [-0.25, -0.2) is 15.0 Å². The Morgan fingerprint density at radius 1 is 1.06 bits per heavy atom. The maximum atomic E-state index is 11.5. The van der Waals surface area contributed by atoms with Gasteiger partial charge in [-0.1, -0.05) is 59.6 Å². The van der Waals surface area contributed by atoms with Crippen LogP contribution in [0, 0.1) is 0 Å². The molecule has 7 rings (SSSR count). The van der Waals surface area contributed by atoms with Crippen LogP contribution in [0.25, 0.3) is 32.6 Å². The van der Waals surface area contributed by atoms with Crippen molar-refractivity contribution in [2.24, 2.45) is 0 Å². The van der Waals surface area contributed by atoms with Gasteiger partial charge in [0.2, 0.25) is 11.8 Å². The number of likely N-dealkylation sites (tertiary alicyclic amines) is 1. The molecule has 1 unspecified atom stereocenters. The van der Waals surface area contributed by atoms with E-state index in [1.807, 2.05) is 54.6 Å². The van der Waals surface area contributed by atoms with E-state index in [-0.39, 0.29) is 24.4 Å². The van der Waals surface area contributed by atoms with Crippen molar-refractivity contribution in [3.05, 3.63) is 81.4 Å². The summed E-state index contributed by atoms with van der Waals surface area (Å²) in [6.45, 7) is 2.68. The summed E-state index contributed by atoms with van der Waals surface area (Å²) >= 11 is 15.8. The van der Waals surface area contributed by atoms with Crippen molar-refractivity contribution in [3.8, 4) is 28.3 Å². The van der Waals surface area contributed by atoms with Gasteiger partial charge in [0.05, 0.1) is 46.2 Å². The van der Waals surface area contributed by atoms with Crippen LogP contribution in [0.5, 0.6) is 5.88 Å². The number of hydrogen-bond acceptors (Lipinski definition) is 10. The first kappa shape index (κ1) is 35.1. The van der Waals surface area contributed by atoms with Crippen molar-refractivity contribution in [1.82, 2.24) is 30.5 Å². The lowest BCUT2D eigenvalue weighted by molar-refractivity contribution is -0.138. The molecule has 14 heteroatoms. The normalized spacial score (nSPS) is 17.6. The quantitative estimate of drug-likeness (QED) is 0.0971. The van der Waals surface area contributed by atoms with E-state index in [0.717, 1.165) is 63.3 Å². The van der Waals surface area contributed by atoms with Crippen molar-refractivity contribution in [3.63, 3.8) is 0 Å². The van der Waals surface area contributed by atoms with E-state index in [1.54, 1.807) is 24.6 Å². The Balaban J connectivity index is 1.10. The number of carboxylic acid groups (broad SMARTS) is 1. The SMILES string of the molecule is COc1nc(-c2cccc(-c3cccc(Nc4nccc5sc(CN6CCCC6CC(=O)O)nc45)c3Cl)c2Cl)ccc1CNC[C@@H]1CCC(=O)N1. The highest BCUT2D eigenvalue weighted by Gasteiger charge is 2.28. The Bertz CT molecular complexity index is 2090. The molecule has 2 aliphatic rings. The smallest absolute Gasteiger partial charge is 0.304 e. The summed E-state index contributed by atoms with van der Waals surface area (Å²) in [7, 11) is 1.59. The van der Waals surface area contributed by atoms with Crippen LogP contribution in [0.1, 0.15) is 42.7 Å². The number of hydrogen-bond donors (Lipinski definition) is 4. The number of pyridine rings is 2. The van der Waals surface area contributed by atoms with Crippen LogP contribution >= 0.6 is 34.5 Å². The molecule has 2 fully saturated rings. The zero-order valence-electron chi connectivity index (χ0n) is 27.9. The average Bonchev–Trinajstić information content (AvgIpc) is 3.86. The van der Waals surface area contributed by atoms with Crippen LogP contribution < -0.4 is 20.7 Å². The highest BCUT2D eigenvalue weighted by molar-refractivity contribution is 7.18. The molecule has 2 atom stereocenters. The number of amides is 1. The number of ether oxygens (including phenoxy) is 1. The molecule has 1 amide bonds. The molecular weight excluding hydrogens is 709 g/mol. The van der Waals surface area contributed by atoms with E-state index >= 15 is 0 Å². The number of anilines is 2. The zero-order valence-corrected chi connectivity index (χ0v) is 30.2. The lowest BCUT2D eigenvalue weighted by Gasteiger charge is -2.21. The van der Waals surface area contributed by atoms with Crippen molar-refractivity contribution in [2.75, 3.05) is 25.5 Å². The van der Waals surface area contributed by atoms with E-state index in [4.69, 9.17) is 37.9 Å². The molecule has 0 aliphatic carbocycles. The molecule has 51 heavy (non-hydrogen) atoms. The fourth-order valence-corrected chi connectivity index (χ4v) is 8.40. The van der Waals surface area contributed by atoms with Crippen LogP contribution in [-0.4, -0.2) is 69.1 Å². The fourth-order valence-electron chi connectivity index (χ4n) is 6.81. The van der Waals surface area contributed by atoms with Crippen LogP contribution in [0.15, 0.2) is 60.8 Å². The third-order valence-corrected chi connectivity index (χ3v) is 11.2. The second-order valence-corrected chi connectivity index (χ2v) is 14.6. The zero-order chi connectivity index (χ0) is 35.5. The van der Waals surface area contributed by atoms with Crippen LogP contribution in [0.4, 0.5) is 11.5 Å². The largest absolute Gasteiger partial charge is 0.481 e. The summed E-state index contributed by atoms with van der Waals surface area (Å²) in [6.07, 6.45) is 5.14. The Morgan fingerprint density at radius 2 is 1.86 bits per heavy atom. The number of aliphatic carboxylic acids is 1. The lowest BCUT2D eigenvalue weighted by Crippen LogP contribution is -2.35. The number of methoxy groups -OCH3 is 1. The van der Waals surface area contributed by atoms with E-state index in [1.165, 1.54) is 0 Å². The van der Waals surface area contributed by atoms with E-state index in [2.05, 4.69) is 25.8 Å². The third kappa shape index (κ3) is 7.80. The van der Waals surface area contributed by atoms with Gasteiger partial charge in [0, 0.05) is 60.0 Å². The van der Waals surface area contributed by atoms with Gasteiger partial charge in [-0.2, -0.15) is 0 Å². The van der Waals surface area contributed by atoms with Gasteiger partial charge in [-0.15, -0.1) is 11.3 Å². The third-order valence-electron chi connectivity index (χ3n) is 9.34. The number of nitrogens with zero attached hydrogens (tertiary/aromatic N) is 4. The van der Waals surface area contributed by atoms with E-state index in [9.17, 15) is 14.7 Å². The molecule has 2 aliphatic heterocycles. The molecular formula is C37H37Cl2N7O4S. The molecule has 11 nitrogen and oxygen atoms in total. The number of halogens is 2. The number of thiazole rings is 1. The molecule has 3 aromatic heterocycles. The number of carbonyl (C=O) groups excluding carboxylic acids is 1. The van der Waals surface area contributed by atoms with Gasteiger partial charge in [-0.05, 0) is 44.0 Å². The Kier molecular flexibility index (Phi) is 10.7. The van der Waals surface area contributed by atoms with Gasteiger partial charge in [0.1, 0.15) is 10.5 Å². The average molecular weight is 747 g/mol. The number of aromatic nitrogens is 3. The van der Waals surface area contributed by atoms with E-state index in [0.29, 0.717) is 59.2 Å². The molecule has 5 heterocycles. The highest BCUT2D eigenvalue weighted by atomic mass is 35.5. The van der Waals surface area contributed by atoms with Crippen LogP contribution in [0.3, 0.4) is 0 Å². The number of fused-ring (bicyclic) bond motifs is 1. The first-order valence-corrected chi connectivity index (χ1v) is 18.4. The number of nitrogens with one attached hydrogen (secondary N) is 3. The summed E-state index contributed by atoms with van der Waals surface area (Å²) in [5, 5.41) is 21.0. The van der Waals surface area contributed by atoms with Gasteiger partial charge >= 0.3 is 5.97 Å². The summed E-state index contributed by atoms with van der Waals surface area (Å²) in [5.74, 6) is 0.393. The predicted octanol–water partition coefficient (Wildman–Crippen LogP) is 7.29. The van der Waals surface area contributed by atoms with Crippen LogP contribution in [0.2, 0.25) is 10.0 Å². The standard InChI is InChI=1S/C37H37Cl2N7O4S/c1-50-37-21(18-40-19-22-11-13-30(47)42-22)10-12-27(44-37)26-8-2-6-24(33(26)38)25-7-3-9-28(34(25)39)43-36-35-29(14-15-41-36)51-31(45-35)20-46-16-4-5-23(46)17-32(48)49/h2-3,6-10,12,14-15,22-23,40H,4-5,11,13,16-20H2,1H3,(H,41,43)(H,42,47)(H,48,49)/t22-,23?/m0/s1. The van der Waals surface area contributed by atoms with Crippen molar-refractivity contribution in [2.45, 2.75) is 57.3 Å². The monoisotopic (exact) mass is 745 g/mol. The maximum absolute atomic E-state index is 11.5. The van der Waals surface area contributed by atoms with Crippen LogP contribution in [-0.2, 0) is 22.7 Å². The molecule has 0 spiro atoms. The topological polar surface area (TPSA) is 142 Å². The summed E-state index contributed by atoms with van der Waals surface area (Å²) in [4.78, 5) is 39.4. The number of carboxylic acids is 1. The minimum Gasteiger partial charge on any atom is -0.481 e. The lowest BCUT2D eigenvalue weighted by atomic mass is 10.00. The van der Waals surface area contributed by atoms with E-state index < -0.39 is 5.97 Å². The maximum Gasteiger partial charge on any atom is 0.304 e. The highest BCUT2D eigenvalue weighted by Crippen LogP contribution is 2.42. The van der Waals surface area contributed by atoms with Gasteiger partial charge < -0.3 is 25.8 Å². The predicted molar refractivity (Wildman–Crippen MR) is 201 cm³/mol.